The van der Waals surface area contributed by atoms with Gasteiger partial charge < -0.3 is 50.2 Å². The lowest BCUT2D eigenvalue weighted by Crippen LogP contribution is -2.43. The highest BCUT2D eigenvalue weighted by Gasteiger charge is 2.28. The van der Waals surface area contributed by atoms with Crippen LogP contribution in [0.2, 0.25) is 0 Å². The van der Waals surface area contributed by atoms with Gasteiger partial charge in [-0.2, -0.15) is 0 Å². The van der Waals surface area contributed by atoms with E-state index in [4.69, 9.17) is 18.9 Å². The highest BCUT2D eigenvalue weighted by atomic mass is 16.5. The van der Waals surface area contributed by atoms with Crippen LogP contribution >= 0.6 is 0 Å². The molecule has 1 aliphatic heterocycles. The molecular weight excluding hydrogens is 1100 g/mol. The number of piperidine rings is 1. The van der Waals surface area contributed by atoms with E-state index in [1.807, 2.05) is 25.7 Å². The molecule has 0 aliphatic carbocycles. The summed E-state index contributed by atoms with van der Waals surface area (Å²) >= 11 is 0. The zero-order valence-corrected chi connectivity index (χ0v) is 54.6. The van der Waals surface area contributed by atoms with Crippen molar-refractivity contribution in [3.63, 3.8) is 0 Å². The molecule has 20 heteroatoms. The number of amides is 5. The molecule has 0 aromatic carbocycles. The third kappa shape index (κ3) is 48.4. The second kappa shape index (κ2) is 55.6. The monoisotopic (exact) mass is 1220 g/mol. The van der Waals surface area contributed by atoms with Crippen LogP contribution in [0, 0.1) is 23.7 Å². The molecule has 1 aliphatic rings. The Balaban J connectivity index is 0.00000221. The summed E-state index contributed by atoms with van der Waals surface area (Å²) in [6.07, 6.45) is 28.2. The van der Waals surface area contributed by atoms with Crippen LogP contribution in [0.15, 0.2) is 0 Å². The number of nitrogens with one attached hydrogen (secondary N) is 4. The Morgan fingerprint density at radius 3 is 1.48 bits per heavy atom. The van der Waals surface area contributed by atoms with Crippen LogP contribution in [-0.4, -0.2) is 160 Å². The van der Waals surface area contributed by atoms with Gasteiger partial charge in [0.1, 0.15) is 42.4 Å². The Morgan fingerprint density at radius 1 is 0.465 bits per heavy atom. The van der Waals surface area contributed by atoms with E-state index in [2.05, 4.69) is 28.2 Å². The highest BCUT2D eigenvalue weighted by molar-refractivity contribution is 5.85. The first-order valence-corrected chi connectivity index (χ1v) is 33.3. The number of hydrogen-bond acceptors (Lipinski definition) is 14. The van der Waals surface area contributed by atoms with E-state index in [1.54, 1.807) is 20.8 Å². The van der Waals surface area contributed by atoms with Gasteiger partial charge in [-0.3, -0.25) is 43.2 Å². The number of aliphatic carboxylic acids is 1. The van der Waals surface area contributed by atoms with Gasteiger partial charge in [-0.05, 0) is 91.4 Å². The Morgan fingerprint density at radius 2 is 0.953 bits per heavy atom. The number of ketones is 4. The quantitative estimate of drug-likeness (QED) is 0.0354. The van der Waals surface area contributed by atoms with Crippen molar-refractivity contribution in [3.8, 4) is 0 Å². The molecule has 4 atom stereocenters. The smallest absolute Gasteiger partial charge is 0.326 e. The van der Waals surface area contributed by atoms with Gasteiger partial charge in [0.25, 0.3) is 0 Å². The summed E-state index contributed by atoms with van der Waals surface area (Å²) < 4.78 is 21.5. The lowest BCUT2D eigenvalue weighted by atomic mass is 9.95. The maximum atomic E-state index is 12.3. The molecule has 1 fully saturated rings. The molecule has 5 amide bonds. The van der Waals surface area contributed by atoms with Crippen LogP contribution in [0.1, 0.15) is 248 Å². The molecule has 1 rings (SSSR count). The number of carboxylic acids is 1. The maximum Gasteiger partial charge on any atom is 0.326 e. The molecule has 4 unspecified atom stereocenters. The zero-order chi connectivity index (χ0) is 64.0. The van der Waals surface area contributed by atoms with Crippen molar-refractivity contribution in [2.45, 2.75) is 254 Å². The molecule has 0 aromatic heterocycles. The van der Waals surface area contributed by atoms with E-state index in [0.29, 0.717) is 77.9 Å². The molecule has 0 aromatic rings. The molecule has 0 saturated carbocycles. The Bertz CT molecular complexity index is 1860. The Kier molecular flexibility index (Phi) is 52.6. The fourth-order valence-electron chi connectivity index (χ4n) is 9.78. The van der Waals surface area contributed by atoms with Crippen LogP contribution in [-0.2, 0) is 66.9 Å². The normalized spacial score (nSPS) is 13.8. The van der Waals surface area contributed by atoms with Crippen LogP contribution in [0.3, 0.4) is 0 Å². The number of nitrogens with zero attached hydrogens (tertiary/aromatic N) is 1. The van der Waals surface area contributed by atoms with Gasteiger partial charge in [0.15, 0.2) is 0 Å². The van der Waals surface area contributed by atoms with Gasteiger partial charge in [-0.1, -0.05) is 130 Å². The number of rotatable bonds is 56. The van der Waals surface area contributed by atoms with Crippen molar-refractivity contribution in [2.24, 2.45) is 23.7 Å². The molecule has 0 bridgehead atoms. The van der Waals surface area contributed by atoms with Gasteiger partial charge >= 0.3 is 5.97 Å². The molecule has 1 heterocycles. The molecule has 5 N–H and O–H groups in total. The lowest BCUT2D eigenvalue weighted by Gasteiger charge is -2.31. The van der Waals surface area contributed by atoms with Crippen molar-refractivity contribution >= 4 is 58.6 Å². The minimum Gasteiger partial charge on any atom is -0.480 e. The molecule has 86 heavy (non-hydrogen) atoms. The maximum absolute atomic E-state index is 12.3. The number of unbranched alkanes of at least 4 members (excludes halogenated alkanes) is 16. The third-order valence-electron chi connectivity index (χ3n) is 16.0. The average Bonchev–Trinajstić information content (AvgIpc) is 3.52. The summed E-state index contributed by atoms with van der Waals surface area (Å²) in [7, 11) is 0. The van der Waals surface area contributed by atoms with Crippen molar-refractivity contribution in [2.75, 3.05) is 85.6 Å². The molecule has 0 radical (unpaired) electrons. The SMILES string of the molecule is CC(=O)C(C)CCCCNC(=O)C1CCN(C(=O)CCC(C)C(C)=O)CC1.CCCCCCCCCCCCCCCCCC(=O)NC(CCC(=O)CCCOCCOCC(=O)NCCOCCOCC(=O)NCCCCC(CC)C(C)=O)C(=O)O. The average molecular weight is 1220 g/mol. The third-order valence-corrected chi connectivity index (χ3v) is 16.0. The summed E-state index contributed by atoms with van der Waals surface area (Å²) in [5, 5.41) is 20.6. The minimum atomic E-state index is -1.13. The van der Waals surface area contributed by atoms with E-state index < -0.39 is 12.0 Å². The fourth-order valence-corrected chi connectivity index (χ4v) is 9.78. The summed E-state index contributed by atoms with van der Waals surface area (Å²) in [6.45, 7) is 17.0. The molecule has 0 spiro atoms. The van der Waals surface area contributed by atoms with Crippen molar-refractivity contribution in [1.82, 2.24) is 26.2 Å². The second-order valence-electron chi connectivity index (χ2n) is 23.6. The highest BCUT2D eigenvalue weighted by Crippen LogP contribution is 2.20. The van der Waals surface area contributed by atoms with Crippen LogP contribution in [0.4, 0.5) is 0 Å². The van der Waals surface area contributed by atoms with Crippen molar-refractivity contribution < 1.29 is 72.0 Å². The van der Waals surface area contributed by atoms with Gasteiger partial charge in [0.05, 0.1) is 33.0 Å². The summed E-state index contributed by atoms with van der Waals surface area (Å²) in [5.41, 5.74) is 0. The number of carbonyl (C=O) groups is 10. The van der Waals surface area contributed by atoms with E-state index in [9.17, 15) is 53.1 Å². The fraction of sp³-hybridized carbons (Fsp3) is 0.848. The van der Waals surface area contributed by atoms with E-state index >= 15 is 0 Å². The number of carboxylic acid groups (broad SMARTS) is 1. The zero-order valence-electron chi connectivity index (χ0n) is 54.6. The largest absolute Gasteiger partial charge is 0.480 e. The number of hydrogen-bond donors (Lipinski definition) is 5. The summed E-state index contributed by atoms with van der Waals surface area (Å²) in [5.74, 6) is -1.17. The van der Waals surface area contributed by atoms with Gasteiger partial charge in [0.2, 0.25) is 29.5 Å². The van der Waals surface area contributed by atoms with Gasteiger partial charge in [-0.25, -0.2) is 4.79 Å². The number of likely N-dealkylation sites (tertiary alicyclic amines) is 1. The topological polar surface area (TPSA) is 279 Å². The summed E-state index contributed by atoms with van der Waals surface area (Å²) in [6, 6.07) is -1.08. The number of ether oxygens (including phenoxy) is 4. The first kappa shape index (κ1) is 81.3. The van der Waals surface area contributed by atoms with Crippen molar-refractivity contribution in [3.05, 3.63) is 0 Å². The van der Waals surface area contributed by atoms with Crippen LogP contribution in [0.25, 0.3) is 0 Å². The molecule has 1 saturated heterocycles. The second-order valence-corrected chi connectivity index (χ2v) is 23.6. The molecule has 498 valence electrons. The summed E-state index contributed by atoms with van der Waals surface area (Å²) in [4.78, 5) is 120. The number of carbonyl (C=O) groups excluding carboxylic acids is 9. The lowest BCUT2D eigenvalue weighted by molar-refractivity contribution is -0.142. The van der Waals surface area contributed by atoms with Crippen LogP contribution < -0.4 is 21.3 Å². The van der Waals surface area contributed by atoms with E-state index in [1.165, 1.54) is 77.0 Å². The first-order chi connectivity index (χ1) is 41.3. The van der Waals surface area contributed by atoms with E-state index in [0.717, 1.165) is 64.2 Å². The Labute approximate surface area is 517 Å². The van der Waals surface area contributed by atoms with Crippen LogP contribution in [0.5, 0.6) is 0 Å². The molecular formula is C66H119N5O15. The molecule has 20 nitrogen and oxygen atoms in total. The predicted octanol–water partition coefficient (Wildman–Crippen LogP) is 9.77. The standard InChI is InChI=1S/C45H83N3O11.C21H36N2O4/c1-4-6-7-8-9-10-11-12-13-14-15-16-17-18-19-25-42(51)48-41(45(54)55)27-26-40(50)24-22-30-56-32-34-58-37-44(53)47-29-31-57-33-35-59-36-43(52)46-28-21-20-23-39(5-2)38(3)49;1-15(17(3)24)7-5-6-12-22-21(27)19-10-13-23(14-11-19)20(26)9-8-16(2)18(4)25/h39,41H,4-37H2,1-3H3,(H,46,52)(H,47,53)(H,48,51)(H,54,55);15-16,19H,5-14H2,1-4H3,(H,22,27). The van der Waals surface area contributed by atoms with Gasteiger partial charge in [-0.15, -0.1) is 0 Å². The minimum absolute atomic E-state index is 0.0265. The predicted molar refractivity (Wildman–Crippen MR) is 335 cm³/mol. The van der Waals surface area contributed by atoms with E-state index in [-0.39, 0.29) is 142 Å². The first-order valence-electron chi connectivity index (χ1n) is 33.3. The van der Waals surface area contributed by atoms with Crippen molar-refractivity contribution in [1.29, 1.82) is 0 Å². The number of Topliss-reactive ketones (excluding diaryl/α,β-unsaturated/α-hetero) is 4. The Hall–Kier alpha value is -4.66. The van der Waals surface area contributed by atoms with Gasteiger partial charge in [0, 0.05) is 88.7 Å².